The summed E-state index contributed by atoms with van der Waals surface area (Å²) in [5.74, 6) is 0.464. The monoisotopic (exact) mass is 209 g/mol. The maximum atomic E-state index is 11.5. The molecule has 0 heterocycles. The molecule has 1 aromatic rings. The molecule has 1 aliphatic rings. The molecule has 2 unspecified atom stereocenters. The molecule has 0 aromatic heterocycles. The number of benzene rings is 1. The Morgan fingerprint density at radius 3 is 2.64 bits per heavy atom. The highest BCUT2D eigenvalue weighted by atomic mass is 35.5. The van der Waals surface area contributed by atoms with Gasteiger partial charge in [0.2, 0.25) is 0 Å². The van der Waals surface area contributed by atoms with E-state index in [0.29, 0.717) is 18.0 Å². The Kier molecular flexibility index (Phi) is 2.73. The number of hydrogen-bond acceptors (Lipinski definition) is 1. The van der Waals surface area contributed by atoms with Crippen LogP contribution < -0.4 is 5.32 Å². The van der Waals surface area contributed by atoms with Crippen molar-refractivity contribution in [1.29, 1.82) is 0 Å². The first-order valence-corrected chi connectivity index (χ1v) is 5.18. The van der Waals surface area contributed by atoms with E-state index in [-0.39, 0.29) is 11.3 Å². The van der Waals surface area contributed by atoms with Gasteiger partial charge in [-0.25, -0.2) is 0 Å². The smallest absolute Gasteiger partial charge is 0.251 e. The van der Waals surface area contributed by atoms with Crippen molar-refractivity contribution < 1.29 is 4.79 Å². The van der Waals surface area contributed by atoms with Crippen LogP contribution in [0.15, 0.2) is 30.3 Å². The highest BCUT2D eigenvalue weighted by Gasteiger charge is 2.34. The standard InChI is InChI=1S/C11H12ClNO/c12-10-6-9(10)7-13-11(14)8-4-2-1-3-5-8/h1-5,9-10H,6-7H2,(H,13,14). The Bertz CT molecular complexity index is 325. The van der Waals surface area contributed by atoms with Crippen molar-refractivity contribution in [3.8, 4) is 0 Å². The van der Waals surface area contributed by atoms with Crippen LogP contribution >= 0.6 is 11.6 Å². The fourth-order valence-corrected chi connectivity index (χ4v) is 1.66. The van der Waals surface area contributed by atoms with E-state index in [2.05, 4.69) is 5.32 Å². The Hall–Kier alpha value is -1.02. The molecule has 14 heavy (non-hydrogen) atoms. The first-order chi connectivity index (χ1) is 6.77. The van der Waals surface area contributed by atoms with Crippen molar-refractivity contribution in [3.63, 3.8) is 0 Å². The zero-order valence-corrected chi connectivity index (χ0v) is 8.50. The molecule has 1 N–H and O–H groups in total. The van der Waals surface area contributed by atoms with Crippen LogP contribution in [0, 0.1) is 5.92 Å². The molecular weight excluding hydrogens is 198 g/mol. The summed E-state index contributed by atoms with van der Waals surface area (Å²) >= 11 is 5.83. The molecule has 2 atom stereocenters. The van der Waals surface area contributed by atoms with Crippen molar-refractivity contribution in [1.82, 2.24) is 5.32 Å². The molecule has 0 saturated heterocycles. The number of rotatable bonds is 3. The van der Waals surface area contributed by atoms with E-state index < -0.39 is 0 Å². The number of nitrogens with one attached hydrogen (secondary N) is 1. The van der Waals surface area contributed by atoms with Crippen LogP contribution in [0.3, 0.4) is 0 Å². The second kappa shape index (κ2) is 4.01. The lowest BCUT2D eigenvalue weighted by Crippen LogP contribution is -2.25. The number of carbonyl (C=O) groups excluding carboxylic acids is 1. The topological polar surface area (TPSA) is 29.1 Å². The second-order valence-corrected chi connectivity index (χ2v) is 4.15. The summed E-state index contributed by atoms with van der Waals surface area (Å²) in [6.45, 7) is 0.696. The minimum atomic E-state index is -0.0126. The van der Waals surface area contributed by atoms with Crippen molar-refractivity contribution in [2.24, 2.45) is 5.92 Å². The van der Waals surface area contributed by atoms with Gasteiger partial charge in [0, 0.05) is 17.5 Å². The van der Waals surface area contributed by atoms with Gasteiger partial charge in [-0.3, -0.25) is 4.79 Å². The average Bonchev–Trinajstić information content (AvgIpc) is 2.92. The number of amides is 1. The molecule has 1 aliphatic carbocycles. The Labute approximate surface area is 88.3 Å². The van der Waals surface area contributed by atoms with E-state index in [1.165, 1.54) is 0 Å². The van der Waals surface area contributed by atoms with Gasteiger partial charge in [0.25, 0.3) is 5.91 Å². The van der Waals surface area contributed by atoms with Crippen molar-refractivity contribution >= 4 is 17.5 Å². The van der Waals surface area contributed by atoms with Crippen LogP contribution in [-0.2, 0) is 0 Å². The lowest BCUT2D eigenvalue weighted by Gasteiger charge is -2.03. The summed E-state index contributed by atoms with van der Waals surface area (Å²) < 4.78 is 0. The number of alkyl halides is 1. The third-order valence-corrected chi connectivity index (χ3v) is 2.93. The predicted octanol–water partition coefficient (Wildman–Crippen LogP) is 2.04. The van der Waals surface area contributed by atoms with E-state index in [1.807, 2.05) is 18.2 Å². The van der Waals surface area contributed by atoms with E-state index in [0.717, 1.165) is 6.42 Å². The molecule has 2 rings (SSSR count). The van der Waals surface area contributed by atoms with Crippen LogP contribution in [0.25, 0.3) is 0 Å². The lowest BCUT2D eigenvalue weighted by molar-refractivity contribution is 0.0952. The Balaban J connectivity index is 1.84. The van der Waals surface area contributed by atoms with E-state index in [9.17, 15) is 4.79 Å². The average molecular weight is 210 g/mol. The second-order valence-electron chi connectivity index (χ2n) is 3.59. The van der Waals surface area contributed by atoms with Crippen molar-refractivity contribution in [2.75, 3.05) is 6.54 Å². The van der Waals surface area contributed by atoms with Gasteiger partial charge in [-0.1, -0.05) is 18.2 Å². The molecular formula is C11H12ClNO. The minimum Gasteiger partial charge on any atom is -0.352 e. The van der Waals surface area contributed by atoms with Crippen LogP contribution in [0.5, 0.6) is 0 Å². The van der Waals surface area contributed by atoms with Crippen LogP contribution in [-0.4, -0.2) is 17.8 Å². The first-order valence-electron chi connectivity index (χ1n) is 4.74. The highest BCUT2D eigenvalue weighted by Crippen LogP contribution is 2.35. The van der Waals surface area contributed by atoms with E-state index in [4.69, 9.17) is 11.6 Å². The molecule has 0 spiro atoms. The summed E-state index contributed by atoms with van der Waals surface area (Å²) in [7, 11) is 0. The highest BCUT2D eigenvalue weighted by molar-refractivity contribution is 6.22. The van der Waals surface area contributed by atoms with Gasteiger partial charge in [-0.2, -0.15) is 0 Å². The fraction of sp³-hybridized carbons (Fsp3) is 0.364. The molecule has 0 bridgehead atoms. The first kappa shape index (κ1) is 9.53. The van der Waals surface area contributed by atoms with Crippen LogP contribution in [0.1, 0.15) is 16.8 Å². The van der Waals surface area contributed by atoms with Gasteiger partial charge in [0.15, 0.2) is 0 Å². The van der Waals surface area contributed by atoms with Crippen molar-refractivity contribution in [2.45, 2.75) is 11.8 Å². The quantitative estimate of drug-likeness (QED) is 0.759. The number of carbonyl (C=O) groups is 1. The van der Waals surface area contributed by atoms with Crippen LogP contribution in [0.2, 0.25) is 0 Å². The molecule has 0 radical (unpaired) electrons. The SMILES string of the molecule is O=C(NCC1CC1Cl)c1ccccc1. The van der Waals surface area contributed by atoms with Crippen LogP contribution in [0.4, 0.5) is 0 Å². The van der Waals surface area contributed by atoms with Gasteiger partial charge in [-0.15, -0.1) is 11.6 Å². The molecule has 1 saturated carbocycles. The van der Waals surface area contributed by atoms with Gasteiger partial charge in [0.05, 0.1) is 0 Å². The molecule has 1 amide bonds. The minimum absolute atomic E-state index is 0.0126. The molecule has 1 fully saturated rings. The Morgan fingerprint density at radius 2 is 2.07 bits per heavy atom. The largest absolute Gasteiger partial charge is 0.352 e. The summed E-state index contributed by atoms with van der Waals surface area (Å²) in [6, 6.07) is 9.22. The molecule has 1 aromatic carbocycles. The van der Waals surface area contributed by atoms with Gasteiger partial charge in [0.1, 0.15) is 0 Å². The molecule has 2 nitrogen and oxygen atoms in total. The summed E-state index contributed by atoms with van der Waals surface area (Å²) in [6.07, 6.45) is 1.02. The van der Waals surface area contributed by atoms with Gasteiger partial charge in [-0.05, 0) is 24.5 Å². The molecule has 3 heteroatoms. The summed E-state index contributed by atoms with van der Waals surface area (Å²) in [5.41, 5.74) is 0.708. The van der Waals surface area contributed by atoms with Gasteiger partial charge >= 0.3 is 0 Å². The lowest BCUT2D eigenvalue weighted by atomic mass is 10.2. The maximum Gasteiger partial charge on any atom is 0.251 e. The maximum absolute atomic E-state index is 11.5. The van der Waals surface area contributed by atoms with E-state index in [1.54, 1.807) is 12.1 Å². The van der Waals surface area contributed by atoms with E-state index >= 15 is 0 Å². The summed E-state index contributed by atoms with van der Waals surface area (Å²) in [5, 5.41) is 3.14. The third-order valence-electron chi connectivity index (χ3n) is 2.40. The molecule has 0 aliphatic heterocycles. The summed E-state index contributed by atoms with van der Waals surface area (Å²) in [4.78, 5) is 11.5. The van der Waals surface area contributed by atoms with Gasteiger partial charge < -0.3 is 5.32 Å². The normalized spacial score (nSPS) is 24.4. The molecule has 74 valence electrons. The fourth-order valence-electron chi connectivity index (χ4n) is 1.34. The zero-order chi connectivity index (χ0) is 9.97. The zero-order valence-electron chi connectivity index (χ0n) is 7.74. The third kappa shape index (κ3) is 2.26. The number of hydrogen-bond donors (Lipinski definition) is 1. The van der Waals surface area contributed by atoms with Crippen molar-refractivity contribution in [3.05, 3.63) is 35.9 Å². The number of halogens is 1. The predicted molar refractivity (Wildman–Crippen MR) is 56.5 cm³/mol. The Morgan fingerprint density at radius 1 is 1.43 bits per heavy atom.